The molecular formula is C5H3ClN4O. The summed E-state index contributed by atoms with van der Waals surface area (Å²) in [6.45, 7) is 0. The molecule has 0 bridgehead atoms. The molecule has 0 spiro atoms. The zero-order valence-electron chi connectivity index (χ0n) is 5.28. The molecule has 11 heavy (non-hydrogen) atoms. The smallest absolute Gasteiger partial charge is 0.282 e. The average molecular weight is 171 g/mol. The summed E-state index contributed by atoms with van der Waals surface area (Å²) in [6.07, 6.45) is 2.99. The molecule has 0 amide bonds. The second kappa shape index (κ2) is 2.06. The summed E-state index contributed by atoms with van der Waals surface area (Å²) >= 11 is 5.46. The molecule has 0 fully saturated rings. The fraction of sp³-hybridized carbons (Fsp3) is 0. The molecule has 56 valence electrons. The maximum atomic E-state index is 11.0. The van der Waals surface area contributed by atoms with Gasteiger partial charge in [-0.05, 0) is 11.6 Å². The van der Waals surface area contributed by atoms with Gasteiger partial charge in [-0.25, -0.2) is 14.2 Å². The maximum Gasteiger partial charge on any atom is 0.334 e. The van der Waals surface area contributed by atoms with Crippen molar-refractivity contribution in [2.24, 2.45) is 0 Å². The molecule has 6 heteroatoms. The molecule has 2 heterocycles. The highest BCUT2D eigenvalue weighted by Crippen LogP contribution is 1.96. The second-order valence-electron chi connectivity index (χ2n) is 1.93. The van der Waals surface area contributed by atoms with Gasteiger partial charge in [0.15, 0.2) is 0 Å². The van der Waals surface area contributed by atoms with E-state index >= 15 is 0 Å². The summed E-state index contributed by atoms with van der Waals surface area (Å²) in [5.41, 5.74) is -0.336. The number of halogens is 1. The van der Waals surface area contributed by atoms with Crippen molar-refractivity contribution >= 4 is 17.4 Å². The Balaban J connectivity index is 3.02. The fourth-order valence-electron chi connectivity index (χ4n) is 0.801. The Morgan fingerprint density at radius 3 is 3.27 bits per heavy atom. The van der Waals surface area contributed by atoms with Gasteiger partial charge in [-0.1, -0.05) is 0 Å². The normalized spacial score (nSPS) is 10.6. The van der Waals surface area contributed by atoms with Crippen molar-refractivity contribution in [3.63, 3.8) is 0 Å². The minimum absolute atomic E-state index is 0.0497. The van der Waals surface area contributed by atoms with Crippen LogP contribution in [0.4, 0.5) is 0 Å². The SMILES string of the molecule is O=c1[nH]c(Cl)nc2nccn12. The molecule has 0 radical (unpaired) electrons. The van der Waals surface area contributed by atoms with Gasteiger partial charge in [-0.15, -0.1) is 0 Å². The molecule has 0 saturated carbocycles. The third kappa shape index (κ3) is 0.894. The summed E-state index contributed by atoms with van der Waals surface area (Å²) < 4.78 is 1.27. The molecule has 1 N–H and O–H groups in total. The van der Waals surface area contributed by atoms with E-state index < -0.39 is 0 Å². The maximum absolute atomic E-state index is 11.0. The first-order valence-electron chi connectivity index (χ1n) is 2.86. The Morgan fingerprint density at radius 1 is 1.64 bits per heavy atom. The van der Waals surface area contributed by atoms with Gasteiger partial charge in [0.2, 0.25) is 11.1 Å². The number of imidazole rings is 1. The van der Waals surface area contributed by atoms with E-state index in [1.54, 1.807) is 0 Å². The lowest BCUT2D eigenvalue weighted by atomic mass is 10.9. The molecule has 0 atom stereocenters. The number of H-pyrrole nitrogens is 1. The summed E-state index contributed by atoms with van der Waals surface area (Å²) in [7, 11) is 0. The number of nitrogens with one attached hydrogen (secondary N) is 1. The zero-order chi connectivity index (χ0) is 7.84. The first-order valence-corrected chi connectivity index (χ1v) is 3.24. The van der Waals surface area contributed by atoms with Crippen LogP contribution in [0.2, 0.25) is 5.28 Å². The second-order valence-corrected chi connectivity index (χ2v) is 2.29. The molecule has 0 unspecified atom stereocenters. The quantitative estimate of drug-likeness (QED) is 0.609. The molecule has 0 aromatic carbocycles. The van der Waals surface area contributed by atoms with E-state index in [0.29, 0.717) is 5.78 Å². The summed E-state index contributed by atoms with van der Waals surface area (Å²) in [5.74, 6) is 0.304. The van der Waals surface area contributed by atoms with Gasteiger partial charge in [0.1, 0.15) is 0 Å². The largest absolute Gasteiger partial charge is 0.334 e. The molecule has 0 aliphatic heterocycles. The van der Waals surface area contributed by atoms with Crippen LogP contribution in [0.25, 0.3) is 5.78 Å². The predicted octanol–water partition coefficient (Wildman–Crippen LogP) is 0.0710. The van der Waals surface area contributed by atoms with Crippen LogP contribution < -0.4 is 5.69 Å². The fourth-order valence-corrected chi connectivity index (χ4v) is 0.957. The van der Waals surface area contributed by atoms with Gasteiger partial charge in [0.25, 0.3) is 0 Å². The Bertz CT molecular complexity index is 445. The third-order valence-electron chi connectivity index (χ3n) is 1.25. The Labute approximate surface area is 65.7 Å². The highest BCUT2D eigenvalue weighted by molar-refractivity contribution is 6.28. The van der Waals surface area contributed by atoms with E-state index in [1.165, 1.54) is 16.8 Å². The van der Waals surface area contributed by atoms with Crippen LogP contribution in [0.3, 0.4) is 0 Å². The highest BCUT2D eigenvalue weighted by atomic mass is 35.5. The molecule has 5 nitrogen and oxygen atoms in total. The Hall–Kier alpha value is -1.36. The highest BCUT2D eigenvalue weighted by Gasteiger charge is 1.99. The molecule has 2 rings (SSSR count). The van der Waals surface area contributed by atoms with Crippen molar-refractivity contribution in [2.75, 3.05) is 0 Å². The molecule has 2 aromatic heterocycles. The van der Waals surface area contributed by atoms with Crippen LogP contribution in [0.5, 0.6) is 0 Å². The van der Waals surface area contributed by atoms with Crippen LogP contribution in [0.1, 0.15) is 0 Å². The van der Waals surface area contributed by atoms with Gasteiger partial charge < -0.3 is 0 Å². The van der Waals surface area contributed by atoms with Gasteiger partial charge in [-0.3, -0.25) is 4.98 Å². The molecule has 0 saturated heterocycles. The topological polar surface area (TPSA) is 63.0 Å². The zero-order valence-corrected chi connectivity index (χ0v) is 6.04. The van der Waals surface area contributed by atoms with Crippen molar-refractivity contribution in [2.45, 2.75) is 0 Å². The van der Waals surface area contributed by atoms with Crippen LogP contribution in [0, 0.1) is 0 Å². The number of hydrogen-bond donors (Lipinski definition) is 1. The van der Waals surface area contributed by atoms with Crippen LogP contribution in [-0.4, -0.2) is 19.4 Å². The molecule has 0 aliphatic rings. The predicted molar refractivity (Wildman–Crippen MR) is 38.6 cm³/mol. The van der Waals surface area contributed by atoms with Crippen molar-refractivity contribution in [3.05, 3.63) is 28.2 Å². The summed E-state index contributed by atoms with van der Waals surface area (Å²) in [6, 6.07) is 0. The Kier molecular flexibility index (Phi) is 1.19. The van der Waals surface area contributed by atoms with Crippen LogP contribution >= 0.6 is 11.6 Å². The van der Waals surface area contributed by atoms with E-state index in [9.17, 15) is 4.79 Å². The number of aromatic nitrogens is 4. The molecule has 2 aromatic rings. The van der Waals surface area contributed by atoms with Crippen molar-refractivity contribution in [1.29, 1.82) is 0 Å². The summed E-state index contributed by atoms with van der Waals surface area (Å²) in [4.78, 5) is 20.9. The van der Waals surface area contributed by atoms with Gasteiger partial charge >= 0.3 is 5.69 Å². The minimum Gasteiger partial charge on any atom is -0.282 e. The lowest BCUT2D eigenvalue weighted by molar-refractivity contribution is 0.946. The van der Waals surface area contributed by atoms with Crippen LogP contribution in [-0.2, 0) is 0 Å². The van der Waals surface area contributed by atoms with Crippen LogP contribution in [0.15, 0.2) is 17.2 Å². The van der Waals surface area contributed by atoms with Gasteiger partial charge in [0.05, 0.1) is 0 Å². The standard InChI is InChI=1S/C5H3ClN4O/c6-3-8-4-7-1-2-10(4)5(11)9-3/h1-2H,(H,7,8,9,11). The third-order valence-corrected chi connectivity index (χ3v) is 1.43. The first kappa shape index (κ1) is 6.36. The van der Waals surface area contributed by atoms with Crippen molar-refractivity contribution in [1.82, 2.24) is 19.4 Å². The lowest BCUT2D eigenvalue weighted by Crippen LogP contribution is -2.16. The number of nitrogens with zero attached hydrogens (tertiary/aromatic N) is 3. The monoisotopic (exact) mass is 170 g/mol. The first-order chi connectivity index (χ1) is 5.27. The van der Waals surface area contributed by atoms with Gasteiger partial charge in [0, 0.05) is 12.4 Å². The molecule has 0 aliphatic carbocycles. The van der Waals surface area contributed by atoms with E-state index in [1.807, 2.05) is 0 Å². The minimum atomic E-state index is -0.336. The number of hydrogen-bond acceptors (Lipinski definition) is 3. The summed E-state index contributed by atoms with van der Waals surface area (Å²) in [5, 5.41) is 0.0497. The number of fused-ring (bicyclic) bond motifs is 1. The number of aromatic amines is 1. The van der Waals surface area contributed by atoms with E-state index in [-0.39, 0.29) is 11.0 Å². The average Bonchev–Trinajstić information content (AvgIpc) is 2.34. The van der Waals surface area contributed by atoms with E-state index in [0.717, 1.165) is 0 Å². The van der Waals surface area contributed by atoms with Gasteiger partial charge in [-0.2, -0.15) is 4.98 Å². The van der Waals surface area contributed by atoms with Crippen molar-refractivity contribution in [3.8, 4) is 0 Å². The lowest BCUT2D eigenvalue weighted by Gasteiger charge is -1.90. The van der Waals surface area contributed by atoms with Crippen molar-refractivity contribution < 1.29 is 0 Å². The van der Waals surface area contributed by atoms with E-state index in [4.69, 9.17) is 11.6 Å². The number of rotatable bonds is 0. The van der Waals surface area contributed by atoms with E-state index in [2.05, 4.69) is 15.0 Å². The molecular weight excluding hydrogens is 168 g/mol. The Morgan fingerprint density at radius 2 is 2.45 bits per heavy atom.